The summed E-state index contributed by atoms with van der Waals surface area (Å²) < 4.78 is 0. The van der Waals surface area contributed by atoms with Crippen LogP contribution in [0.1, 0.15) is 52.1 Å². The Bertz CT molecular complexity index is 1020. The zero-order chi connectivity index (χ0) is 22.2. The van der Waals surface area contributed by atoms with Crippen LogP contribution in [0.25, 0.3) is 0 Å². The molecular weight excluding hydrogens is 408 g/mol. The zero-order valence-corrected chi connectivity index (χ0v) is 18.7. The fourth-order valence-corrected chi connectivity index (χ4v) is 4.10. The molecule has 0 aliphatic rings. The van der Waals surface area contributed by atoms with Crippen LogP contribution in [0.2, 0.25) is 0 Å². The number of nitrogens with one attached hydrogen (secondary N) is 2. The molecule has 3 aromatic rings. The van der Waals surface area contributed by atoms with Gasteiger partial charge in [0.2, 0.25) is 5.91 Å². The van der Waals surface area contributed by atoms with Crippen molar-refractivity contribution in [2.45, 2.75) is 44.0 Å². The topological polar surface area (TPSA) is 84.0 Å². The molecule has 31 heavy (non-hydrogen) atoms. The predicted molar refractivity (Wildman–Crippen MR) is 123 cm³/mol. The lowest BCUT2D eigenvalue weighted by Gasteiger charge is -2.16. The molecule has 7 heteroatoms. The summed E-state index contributed by atoms with van der Waals surface area (Å²) in [5, 5.41) is 0.742. The summed E-state index contributed by atoms with van der Waals surface area (Å²) in [6.45, 7) is 5.85. The summed E-state index contributed by atoms with van der Waals surface area (Å²) in [7, 11) is 0. The lowest BCUT2D eigenvalue weighted by molar-refractivity contribution is -0.123. The Kier molecular flexibility index (Phi) is 7.78. The van der Waals surface area contributed by atoms with E-state index in [0.717, 1.165) is 27.7 Å². The van der Waals surface area contributed by atoms with Crippen molar-refractivity contribution in [3.63, 3.8) is 0 Å². The van der Waals surface area contributed by atoms with Gasteiger partial charge in [-0.25, -0.2) is 9.97 Å². The van der Waals surface area contributed by atoms with Gasteiger partial charge in [0.1, 0.15) is 0 Å². The van der Waals surface area contributed by atoms with E-state index in [1.54, 1.807) is 23.9 Å². The fraction of sp³-hybridized carbons (Fsp3) is 0.250. The smallest absolute Gasteiger partial charge is 0.269 e. The minimum absolute atomic E-state index is 0.233. The van der Waals surface area contributed by atoms with Gasteiger partial charge in [-0.2, -0.15) is 0 Å². The summed E-state index contributed by atoms with van der Waals surface area (Å²) in [5.74, 6) is -0.193. The van der Waals surface area contributed by atoms with Crippen molar-refractivity contribution in [2.24, 2.45) is 0 Å². The first-order valence-electron chi connectivity index (χ1n) is 10.2. The SMILES string of the molecule is CCC(C(=O)NNC(=O)c1ccc(CSc2nc(C)cc(C)n2)cc1)c1ccccc1. The molecule has 1 atom stereocenters. The van der Waals surface area contributed by atoms with Gasteiger partial charge in [0, 0.05) is 22.7 Å². The highest BCUT2D eigenvalue weighted by molar-refractivity contribution is 7.98. The van der Waals surface area contributed by atoms with Crippen molar-refractivity contribution in [1.82, 2.24) is 20.8 Å². The number of hydrogen-bond donors (Lipinski definition) is 2. The molecule has 1 heterocycles. The maximum absolute atomic E-state index is 12.5. The largest absolute Gasteiger partial charge is 0.273 e. The number of amides is 2. The lowest BCUT2D eigenvalue weighted by atomic mass is 9.96. The average Bonchev–Trinajstić information content (AvgIpc) is 2.77. The highest BCUT2D eigenvalue weighted by Crippen LogP contribution is 2.21. The Morgan fingerprint density at radius 2 is 1.58 bits per heavy atom. The van der Waals surface area contributed by atoms with E-state index in [4.69, 9.17) is 0 Å². The van der Waals surface area contributed by atoms with Gasteiger partial charge in [0.05, 0.1) is 5.92 Å². The van der Waals surface area contributed by atoms with E-state index in [2.05, 4.69) is 20.8 Å². The van der Waals surface area contributed by atoms with Gasteiger partial charge in [0.15, 0.2) is 5.16 Å². The van der Waals surface area contributed by atoms with Crippen LogP contribution in [0.15, 0.2) is 65.8 Å². The molecule has 0 saturated heterocycles. The standard InChI is InChI=1S/C24H26N4O2S/c1-4-21(19-8-6-5-7-9-19)23(30)28-27-22(29)20-12-10-18(11-13-20)15-31-24-25-16(2)14-17(3)26-24/h5-14,21H,4,15H2,1-3H3,(H,27,29)(H,28,30). The highest BCUT2D eigenvalue weighted by atomic mass is 32.2. The molecule has 1 unspecified atom stereocenters. The Morgan fingerprint density at radius 3 is 2.19 bits per heavy atom. The van der Waals surface area contributed by atoms with Gasteiger partial charge in [-0.3, -0.25) is 20.4 Å². The number of aromatic nitrogens is 2. The number of carbonyl (C=O) groups excluding carboxylic acids is 2. The van der Waals surface area contributed by atoms with Crippen LogP contribution in [0.3, 0.4) is 0 Å². The van der Waals surface area contributed by atoms with Crippen molar-refractivity contribution in [3.8, 4) is 0 Å². The van der Waals surface area contributed by atoms with Gasteiger partial charge in [-0.15, -0.1) is 0 Å². The Labute approximate surface area is 186 Å². The summed E-state index contributed by atoms with van der Waals surface area (Å²) >= 11 is 1.55. The molecule has 0 bridgehead atoms. The van der Waals surface area contributed by atoms with Crippen LogP contribution in [-0.2, 0) is 10.5 Å². The number of hydrogen-bond acceptors (Lipinski definition) is 5. The number of thioether (sulfide) groups is 1. The number of rotatable bonds is 7. The third-order valence-corrected chi connectivity index (χ3v) is 5.69. The van der Waals surface area contributed by atoms with Crippen LogP contribution in [-0.4, -0.2) is 21.8 Å². The normalized spacial score (nSPS) is 11.6. The molecule has 2 aromatic carbocycles. The van der Waals surface area contributed by atoms with E-state index in [1.165, 1.54) is 0 Å². The molecule has 0 saturated carbocycles. The van der Waals surface area contributed by atoms with Crippen LogP contribution in [0, 0.1) is 13.8 Å². The van der Waals surface area contributed by atoms with E-state index >= 15 is 0 Å². The minimum Gasteiger partial charge on any atom is -0.273 e. The molecule has 0 fully saturated rings. The van der Waals surface area contributed by atoms with E-state index in [9.17, 15) is 9.59 Å². The maximum Gasteiger partial charge on any atom is 0.269 e. The first-order chi connectivity index (χ1) is 15.0. The average molecular weight is 435 g/mol. The highest BCUT2D eigenvalue weighted by Gasteiger charge is 2.19. The van der Waals surface area contributed by atoms with Crippen molar-refractivity contribution in [1.29, 1.82) is 0 Å². The van der Waals surface area contributed by atoms with Crippen molar-refractivity contribution < 1.29 is 9.59 Å². The Balaban J connectivity index is 1.53. The van der Waals surface area contributed by atoms with E-state index in [-0.39, 0.29) is 17.7 Å². The molecule has 2 amide bonds. The molecule has 0 radical (unpaired) electrons. The second-order valence-electron chi connectivity index (χ2n) is 7.23. The molecule has 0 aliphatic carbocycles. The zero-order valence-electron chi connectivity index (χ0n) is 17.9. The van der Waals surface area contributed by atoms with E-state index in [0.29, 0.717) is 17.7 Å². The molecular formula is C24H26N4O2S. The Morgan fingerprint density at radius 1 is 0.935 bits per heavy atom. The molecule has 160 valence electrons. The van der Waals surface area contributed by atoms with Gasteiger partial charge in [0.25, 0.3) is 5.91 Å². The number of carbonyl (C=O) groups is 2. The molecule has 2 N–H and O–H groups in total. The number of hydrazine groups is 1. The predicted octanol–water partition coefficient (Wildman–Crippen LogP) is 4.34. The van der Waals surface area contributed by atoms with Gasteiger partial charge >= 0.3 is 0 Å². The number of nitrogens with zero attached hydrogens (tertiary/aromatic N) is 2. The summed E-state index contributed by atoms with van der Waals surface area (Å²) in [6.07, 6.45) is 0.641. The molecule has 3 rings (SSSR count). The molecule has 0 spiro atoms. The first kappa shape index (κ1) is 22.5. The van der Waals surface area contributed by atoms with Crippen molar-refractivity contribution in [2.75, 3.05) is 0 Å². The number of aryl methyl sites for hydroxylation is 2. The molecule has 1 aromatic heterocycles. The summed E-state index contributed by atoms with van der Waals surface area (Å²) in [6, 6.07) is 18.8. The molecule has 0 aliphatic heterocycles. The monoisotopic (exact) mass is 434 g/mol. The second-order valence-corrected chi connectivity index (χ2v) is 8.18. The number of benzene rings is 2. The third-order valence-electron chi connectivity index (χ3n) is 4.77. The molecule has 6 nitrogen and oxygen atoms in total. The lowest BCUT2D eigenvalue weighted by Crippen LogP contribution is -2.43. The first-order valence-corrected chi connectivity index (χ1v) is 11.1. The van der Waals surface area contributed by atoms with Crippen LogP contribution < -0.4 is 10.9 Å². The van der Waals surface area contributed by atoms with Gasteiger partial charge in [-0.1, -0.05) is 61.2 Å². The van der Waals surface area contributed by atoms with Crippen molar-refractivity contribution >= 4 is 23.6 Å². The summed E-state index contributed by atoms with van der Waals surface area (Å²) in [5.41, 5.74) is 9.40. The van der Waals surface area contributed by atoms with E-state index < -0.39 is 0 Å². The van der Waals surface area contributed by atoms with Crippen molar-refractivity contribution in [3.05, 3.63) is 88.7 Å². The maximum atomic E-state index is 12.5. The van der Waals surface area contributed by atoms with E-state index in [1.807, 2.05) is 69.3 Å². The van der Waals surface area contributed by atoms with Crippen LogP contribution in [0.5, 0.6) is 0 Å². The summed E-state index contributed by atoms with van der Waals surface area (Å²) in [4.78, 5) is 33.8. The minimum atomic E-state index is -0.354. The fourth-order valence-electron chi connectivity index (χ4n) is 3.19. The van der Waals surface area contributed by atoms with Gasteiger partial charge < -0.3 is 0 Å². The quantitative estimate of drug-likeness (QED) is 0.328. The third kappa shape index (κ3) is 6.39. The Hall–Kier alpha value is -3.19. The van der Waals surface area contributed by atoms with Crippen LogP contribution >= 0.6 is 11.8 Å². The second kappa shape index (κ2) is 10.7. The van der Waals surface area contributed by atoms with Gasteiger partial charge in [-0.05, 0) is 49.6 Å². The van der Waals surface area contributed by atoms with Crippen LogP contribution in [0.4, 0.5) is 0 Å².